The molecule has 0 rings (SSSR count). The van der Waals surface area contributed by atoms with E-state index < -0.39 is 0 Å². The fraction of sp³-hybridized carbons (Fsp3) is 0. The number of halogens is 3. The molecule has 0 saturated heterocycles. The molecule has 0 nitrogen and oxygen atoms in total. The van der Waals surface area contributed by atoms with E-state index in [1.54, 1.807) is 0 Å². The van der Waals surface area contributed by atoms with E-state index in [1.165, 1.54) is 0 Å². The summed E-state index contributed by atoms with van der Waals surface area (Å²) in [6, 6.07) is 0. The van der Waals surface area contributed by atoms with Crippen molar-refractivity contribution in [3.8, 4) is 0 Å². The van der Waals surface area contributed by atoms with Gasteiger partial charge in [-0.05, 0) is 0 Å². The summed E-state index contributed by atoms with van der Waals surface area (Å²) < 4.78 is 0. The monoisotopic (exact) mass is 348 g/mol. The second-order valence-electron chi connectivity index (χ2n) is 0. The molecule has 0 saturated carbocycles. The predicted molar refractivity (Wildman–Crippen MR) is 0 cm³/mol. The third-order valence-corrected chi connectivity index (χ3v) is 0. The largest absolute Gasteiger partial charge is 1.00 e. The van der Waals surface area contributed by atoms with Gasteiger partial charge in [-0.25, -0.2) is 0 Å². The van der Waals surface area contributed by atoms with Crippen LogP contribution in [0.15, 0.2) is 0 Å². The molecule has 0 aliphatic rings. The van der Waals surface area contributed by atoms with Gasteiger partial charge in [0.1, 0.15) is 0 Å². The van der Waals surface area contributed by atoms with Crippen LogP contribution in [-0.4, -0.2) is 0 Å². The van der Waals surface area contributed by atoms with Crippen LogP contribution in [0.5, 0.6) is 0 Å². The Morgan fingerprint density at radius 3 is 1.00 bits per heavy atom. The first-order valence-corrected chi connectivity index (χ1v) is 0. The minimum atomic E-state index is 0. The van der Waals surface area contributed by atoms with E-state index in [0.717, 1.165) is 0 Å². The van der Waals surface area contributed by atoms with Gasteiger partial charge in [-0.3, -0.25) is 0 Å². The Morgan fingerprint density at radius 1 is 1.00 bits per heavy atom. The molecular weight excluding hydrogens is 350 g/mol. The smallest absolute Gasteiger partial charge is 1.00 e. The molecule has 0 bridgehead atoms. The van der Waals surface area contributed by atoms with E-state index in [-0.39, 0.29) is 75.7 Å². The third kappa shape index (κ3) is 8.87. The van der Waals surface area contributed by atoms with E-state index in [2.05, 4.69) is 0 Å². The van der Waals surface area contributed by atoms with Gasteiger partial charge in [-0.1, -0.05) is 0 Å². The van der Waals surface area contributed by atoms with Crippen LogP contribution < -0.4 is 53.4 Å². The molecule has 0 aromatic rings. The second kappa shape index (κ2) is 18.8. The summed E-state index contributed by atoms with van der Waals surface area (Å²) in [7, 11) is 0. The summed E-state index contributed by atoms with van der Waals surface area (Å²) in [5.74, 6) is 0. The Morgan fingerprint density at radius 2 is 1.00 bits per heavy atom. The van der Waals surface area contributed by atoms with E-state index in [1.807, 2.05) is 0 Å². The standard InChI is InChI=1S/Ag.BrH.ClH.HI/h;3*1H/q+1;;;/p-3. The second-order valence-corrected chi connectivity index (χ2v) is 0. The van der Waals surface area contributed by atoms with Crippen LogP contribution in [0.25, 0.3) is 0 Å². The fourth-order valence-corrected chi connectivity index (χ4v) is 0. The van der Waals surface area contributed by atoms with Gasteiger partial charge in [-0.2, -0.15) is 0 Å². The van der Waals surface area contributed by atoms with Crippen molar-refractivity contribution in [3.63, 3.8) is 0 Å². The van der Waals surface area contributed by atoms with Gasteiger partial charge in [0.05, 0.1) is 0 Å². The van der Waals surface area contributed by atoms with E-state index in [0.29, 0.717) is 0 Å². The van der Waals surface area contributed by atoms with Crippen LogP contribution in [0.4, 0.5) is 0 Å². The Balaban J connectivity index is 0. The van der Waals surface area contributed by atoms with Gasteiger partial charge in [-0.15, -0.1) is 0 Å². The zero-order valence-electron chi connectivity index (χ0n) is 1.44. The van der Waals surface area contributed by atoms with Crippen LogP contribution in [0.1, 0.15) is 0 Å². The maximum atomic E-state index is 0. The van der Waals surface area contributed by atoms with Gasteiger partial charge < -0.3 is 53.4 Å². The van der Waals surface area contributed by atoms with Gasteiger partial charge in [0.2, 0.25) is 0 Å². The Hall–Kier alpha value is 2.24. The van der Waals surface area contributed by atoms with Crippen molar-refractivity contribution in [1.82, 2.24) is 0 Å². The molecule has 0 aromatic heterocycles. The molecule has 4 heavy (non-hydrogen) atoms. The van der Waals surface area contributed by atoms with Gasteiger partial charge in [0.25, 0.3) is 0 Å². The molecule has 0 aliphatic heterocycles. The van der Waals surface area contributed by atoms with Crippen molar-refractivity contribution in [2.24, 2.45) is 0 Å². The Bertz CT molecular complexity index is 8.00. The molecule has 34 valence electrons. The zero-order chi connectivity index (χ0) is 0. The Kier molecular flexibility index (Phi) is 160. The summed E-state index contributed by atoms with van der Waals surface area (Å²) in [5.41, 5.74) is 0. The van der Waals surface area contributed by atoms with Crippen LogP contribution >= 0.6 is 0 Å². The molecular formula is AgBrClI-2. The summed E-state index contributed by atoms with van der Waals surface area (Å²) in [5, 5.41) is 0. The number of hydrogen-bond acceptors (Lipinski definition) is 0. The quantitative estimate of drug-likeness (QED) is 0.301. The maximum absolute atomic E-state index is 0. The van der Waals surface area contributed by atoms with Crippen molar-refractivity contribution in [2.75, 3.05) is 0 Å². The summed E-state index contributed by atoms with van der Waals surface area (Å²) in [6.45, 7) is 0. The van der Waals surface area contributed by atoms with E-state index >= 15 is 0 Å². The maximum Gasteiger partial charge on any atom is 1.00 e. The average Bonchev–Trinajstić information content (AvgIpc) is 0. The third-order valence-electron chi connectivity index (χ3n) is 0. The van der Waals surface area contributed by atoms with Crippen LogP contribution in [-0.2, 0) is 22.4 Å². The fourth-order valence-electron chi connectivity index (χ4n) is 0. The first kappa shape index (κ1) is 34.1. The molecule has 0 aromatic carbocycles. The van der Waals surface area contributed by atoms with E-state index in [4.69, 9.17) is 0 Å². The first-order valence-electron chi connectivity index (χ1n) is 0. The van der Waals surface area contributed by atoms with Crippen molar-refractivity contribution in [1.29, 1.82) is 0 Å². The predicted octanol–water partition coefficient (Wildman–Crippen LogP) is -8.99. The molecule has 0 aliphatic carbocycles. The van der Waals surface area contributed by atoms with Crippen molar-refractivity contribution >= 4 is 0 Å². The van der Waals surface area contributed by atoms with Crippen LogP contribution in [0.3, 0.4) is 0 Å². The van der Waals surface area contributed by atoms with Crippen molar-refractivity contribution < 1.29 is 75.7 Å². The molecule has 0 atom stereocenters. The SMILES string of the molecule is [Ag+].[Br-].[Cl-].[I-]. The molecule has 4 heteroatoms. The average molecular weight is 350 g/mol. The molecule has 0 spiro atoms. The summed E-state index contributed by atoms with van der Waals surface area (Å²) in [6.07, 6.45) is 0. The van der Waals surface area contributed by atoms with Gasteiger partial charge in [0.15, 0.2) is 0 Å². The van der Waals surface area contributed by atoms with E-state index in [9.17, 15) is 0 Å². The molecule has 0 heterocycles. The Labute approximate surface area is 74.8 Å². The number of rotatable bonds is 0. The normalized spacial score (nSPS) is 0. The summed E-state index contributed by atoms with van der Waals surface area (Å²) in [4.78, 5) is 0. The first-order chi connectivity index (χ1) is 0. The zero-order valence-corrected chi connectivity index (χ0v) is 7.42. The minimum Gasteiger partial charge on any atom is -1.00 e. The van der Waals surface area contributed by atoms with Gasteiger partial charge in [0, 0.05) is 0 Å². The molecule has 0 amide bonds. The van der Waals surface area contributed by atoms with Crippen molar-refractivity contribution in [3.05, 3.63) is 0 Å². The van der Waals surface area contributed by atoms with Crippen molar-refractivity contribution in [2.45, 2.75) is 0 Å². The van der Waals surface area contributed by atoms with Crippen LogP contribution in [0, 0.1) is 0 Å². The summed E-state index contributed by atoms with van der Waals surface area (Å²) >= 11 is 0. The molecule has 0 radical (unpaired) electrons. The number of hydrogen-bond donors (Lipinski definition) is 0. The van der Waals surface area contributed by atoms with Crippen LogP contribution in [0.2, 0.25) is 0 Å². The van der Waals surface area contributed by atoms with Gasteiger partial charge >= 0.3 is 22.4 Å². The minimum absolute atomic E-state index is 0. The molecule has 0 N–H and O–H groups in total. The molecule has 0 unspecified atom stereocenters. The topological polar surface area (TPSA) is 0 Å². The molecule has 0 fully saturated rings.